The molecular formula is C28H31F3N4O2. The van der Waals surface area contributed by atoms with Gasteiger partial charge in [-0.05, 0) is 61.1 Å². The number of nitrogens with zero attached hydrogens (tertiary/aromatic N) is 3. The van der Waals surface area contributed by atoms with Crippen molar-refractivity contribution in [1.82, 2.24) is 14.8 Å². The van der Waals surface area contributed by atoms with Crippen molar-refractivity contribution < 1.29 is 22.8 Å². The Balaban J connectivity index is 1.19. The monoisotopic (exact) mass is 512 g/mol. The number of pyridine rings is 1. The maximum Gasteiger partial charge on any atom is 0.417 e. The van der Waals surface area contributed by atoms with E-state index in [1.807, 2.05) is 19.1 Å². The van der Waals surface area contributed by atoms with Gasteiger partial charge in [-0.1, -0.05) is 25.0 Å². The topological polar surface area (TPSA) is 65.5 Å². The van der Waals surface area contributed by atoms with Crippen molar-refractivity contribution in [3.05, 3.63) is 58.4 Å². The summed E-state index contributed by atoms with van der Waals surface area (Å²) >= 11 is 0. The van der Waals surface area contributed by atoms with E-state index in [4.69, 9.17) is 0 Å². The average Bonchev–Trinajstić information content (AvgIpc) is 3.52. The fourth-order valence-corrected chi connectivity index (χ4v) is 6.31. The van der Waals surface area contributed by atoms with Gasteiger partial charge in [0.1, 0.15) is 0 Å². The minimum atomic E-state index is -4.45. The van der Waals surface area contributed by atoms with Crippen molar-refractivity contribution in [2.75, 3.05) is 25.0 Å². The Morgan fingerprint density at radius 2 is 2.03 bits per heavy atom. The lowest BCUT2D eigenvalue weighted by Gasteiger charge is -2.37. The Kier molecular flexibility index (Phi) is 5.82. The molecule has 1 N–H and O–H groups in total. The molecule has 1 saturated heterocycles. The van der Waals surface area contributed by atoms with Crippen LogP contribution in [0.25, 0.3) is 0 Å². The zero-order chi connectivity index (χ0) is 25.9. The van der Waals surface area contributed by atoms with Gasteiger partial charge in [-0.25, -0.2) is 0 Å². The minimum absolute atomic E-state index is 0.0167. The van der Waals surface area contributed by atoms with Gasteiger partial charge in [0, 0.05) is 50.2 Å². The van der Waals surface area contributed by atoms with Crippen LogP contribution in [-0.4, -0.2) is 46.2 Å². The summed E-state index contributed by atoms with van der Waals surface area (Å²) in [4.78, 5) is 34.2. The van der Waals surface area contributed by atoms with E-state index in [2.05, 4.69) is 21.3 Å². The van der Waals surface area contributed by atoms with Crippen molar-refractivity contribution in [1.29, 1.82) is 0 Å². The van der Waals surface area contributed by atoms with Gasteiger partial charge in [-0.15, -0.1) is 0 Å². The van der Waals surface area contributed by atoms with Gasteiger partial charge in [-0.2, -0.15) is 13.2 Å². The van der Waals surface area contributed by atoms with Gasteiger partial charge in [0.05, 0.1) is 16.9 Å². The van der Waals surface area contributed by atoms with E-state index >= 15 is 0 Å². The predicted octanol–water partition coefficient (Wildman–Crippen LogP) is 4.73. The highest BCUT2D eigenvalue weighted by Crippen LogP contribution is 2.47. The van der Waals surface area contributed by atoms with Crippen molar-refractivity contribution in [3.63, 3.8) is 0 Å². The fourth-order valence-electron chi connectivity index (χ4n) is 6.31. The van der Waals surface area contributed by atoms with E-state index in [1.165, 1.54) is 0 Å². The molecule has 2 aromatic rings. The number of rotatable bonds is 5. The summed E-state index contributed by atoms with van der Waals surface area (Å²) in [5.41, 5.74) is 2.89. The maximum atomic E-state index is 14.0. The van der Waals surface area contributed by atoms with E-state index in [0.29, 0.717) is 43.2 Å². The summed E-state index contributed by atoms with van der Waals surface area (Å²) in [6, 6.07) is 7.24. The molecule has 37 heavy (non-hydrogen) atoms. The number of carbonyl (C=O) groups excluding carboxylic acids is 2. The van der Waals surface area contributed by atoms with Gasteiger partial charge >= 0.3 is 6.18 Å². The van der Waals surface area contributed by atoms with Crippen LogP contribution in [0.5, 0.6) is 0 Å². The molecule has 4 aliphatic rings. The number of fused-ring (bicyclic) bond motifs is 2. The lowest BCUT2D eigenvalue weighted by molar-refractivity contribution is -0.143. The standard InChI is InChI=1S/C28H31F3N4O2/c1-17-22-10-19(4-5-24(22)33-25(17)36)14-34-9-7-27(16-34,12-18-2-3-18)26(37)35-8-6-23-20(15-35)11-21(13-32-23)28(29,30)31/h4-5,10-11,13,17-18H,2-3,6-9,12,14-16H2,1H3,(H,33,36). The second kappa shape index (κ2) is 8.82. The third-order valence-electron chi connectivity index (χ3n) is 8.56. The summed E-state index contributed by atoms with van der Waals surface area (Å²) in [5, 5.41) is 2.91. The first-order valence-corrected chi connectivity index (χ1v) is 13.1. The number of hydrogen-bond donors (Lipinski definition) is 1. The fraction of sp³-hybridized carbons (Fsp3) is 0.536. The van der Waals surface area contributed by atoms with Crippen molar-refractivity contribution in [3.8, 4) is 0 Å². The molecule has 2 unspecified atom stereocenters. The summed E-state index contributed by atoms with van der Waals surface area (Å²) in [7, 11) is 0. The van der Waals surface area contributed by atoms with Gasteiger partial charge < -0.3 is 10.2 Å². The predicted molar refractivity (Wildman–Crippen MR) is 132 cm³/mol. The number of benzene rings is 1. The van der Waals surface area contributed by atoms with Crippen LogP contribution >= 0.6 is 0 Å². The summed E-state index contributed by atoms with van der Waals surface area (Å²) < 4.78 is 39.8. The van der Waals surface area contributed by atoms with Gasteiger partial charge in [0.15, 0.2) is 0 Å². The second-order valence-electron chi connectivity index (χ2n) is 11.3. The van der Waals surface area contributed by atoms with E-state index in [9.17, 15) is 22.8 Å². The van der Waals surface area contributed by atoms with E-state index in [1.54, 1.807) is 4.90 Å². The molecule has 0 bridgehead atoms. The highest BCUT2D eigenvalue weighted by molar-refractivity contribution is 6.02. The summed E-state index contributed by atoms with van der Waals surface area (Å²) in [5.74, 6) is 0.473. The molecule has 1 aromatic carbocycles. The van der Waals surface area contributed by atoms with Gasteiger partial charge in [-0.3, -0.25) is 19.5 Å². The number of halogens is 3. The molecule has 6 nitrogen and oxygen atoms in total. The molecule has 0 spiro atoms. The van der Waals surface area contributed by atoms with Crippen LogP contribution in [0.3, 0.4) is 0 Å². The first-order valence-electron chi connectivity index (χ1n) is 13.1. The normalized spacial score (nSPS) is 25.7. The van der Waals surface area contributed by atoms with Crippen LogP contribution in [-0.2, 0) is 35.3 Å². The van der Waals surface area contributed by atoms with E-state index in [-0.39, 0.29) is 24.3 Å². The Bertz CT molecular complexity index is 1260. The molecule has 0 radical (unpaired) electrons. The lowest BCUT2D eigenvalue weighted by Crippen LogP contribution is -2.47. The third kappa shape index (κ3) is 4.62. The Hall–Kier alpha value is -2.94. The first kappa shape index (κ1) is 24.4. The molecule has 6 rings (SSSR count). The number of likely N-dealkylation sites (tertiary alicyclic amines) is 1. The van der Waals surface area contributed by atoms with Crippen molar-refractivity contribution in [2.45, 2.75) is 64.2 Å². The van der Waals surface area contributed by atoms with Gasteiger partial charge in [0.2, 0.25) is 11.8 Å². The molecule has 2 atom stereocenters. The van der Waals surface area contributed by atoms with Crippen LogP contribution < -0.4 is 5.32 Å². The number of hydrogen-bond acceptors (Lipinski definition) is 4. The Morgan fingerprint density at radius 1 is 1.22 bits per heavy atom. The SMILES string of the molecule is CC1C(=O)Nc2ccc(CN3CCC(CC4CC4)(C(=O)N4CCc5ncc(C(F)(F)F)cc5C4)C3)cc21. The molecule has 1 saturated carbocycles. The van der Waals surface area contributed by atoms with Gasteiger partial charge in [0.25, 0.3) is 0 Å². The number of nitrogens with one attached hydrogen (secondary N) is 1. The number of carbonyl (C=O) groups is 2. The lowest BCUT2D eigenvalue weighted by atomic mass is 9.79. The molecule has 196 valence electrons. The maximum absolute atomic E-state index is 14.0. The summed E-state index contributed by atoms with van der Waals surface area (Å²) in [6.07, 6.45) is 0.793. The molecular weight excluding hydrogens is 481 g/mol. The molecule has 2 amide bonds. The van der Waals surface area contributed by atoms with Crippen LogP contribution in [0.1, 0.15) is 66.5 Å². The zero-order valence-corrected chi connectivity index (χ0v) is 20.9. The molecule has 2 fully saturated rings. The highest BCUT2D eigenvalue weighted by atomic mass is 19.4. The number of alkyl halides is 3. The van der Waals surface area contributed by atoms with E-state index in [0.717, 1.165) is 61.3 Å². The Morgan fingerprint density at radius 3 is 2.78 bits per heavy atom. The number of amides is 2. The number of aromatic nitrogens is 1. The third-order valence-corrected chi connectivity index (χ3v) is 8.56. The van der Waals surface area contributed by atoms with Crippen molar-refractivity contribution >= 4 is 17.5 Å². The molecule has 3 aliphatic heterocycles. The quantitative estimate of drug-likeness (QED) is 0.629. The van der Waals surface area contributed by atoms with Crippen molar-refractivity contribution in [2.24, 2.45) is 11.3 Å². The molecule has 1 aromatic heterocycles. The molecule has 9 heteroatoms. The number of anilines is 1. The van der Waals surface area contributed by atoms with Crippen LogP contribution in [0.4, 0.5) is 18.9 Å². The molecule has 4 heterocycles. The minimum Gasteiger partial charge on any atom is -0.337 e. The largest absolute Gasteiger partial charge is 0.417 e. The zero-order valence-electron chi connectivity index (χ0n) is 20.9. The average molecular weight is 513 g/mol. The summed E-state index contributed by atoms with van der Waals surface area (Å²) in [6.45, 7) is 4.73. The van der Waals surface area contributed by atoms with Crippen LogP contribution in [0.15, 0.2) is 30.5 Å². The Labute approximate surface area is 214 Å². The van der Waals surface area contributed by atoms with Crippen LogP contribution in [0.2, 0.25) is 0 Å². The molecule has 1 aliphatic carbocycles. The first-order chi connectivity index (χ1) is 17.6. The second-order valence-corrected chi connectivity index (χ2v) is 11.3. The van der Waals surface area contributed by atoms with Crippen LogP contribution in [0, 0.1) is 11.3 Å². The highest BCUT2D eigenvalue weighted by Gasteiger charge is 2.49. The smallest absolute Gasteiger partial charge is 0.337 e. The van der Waals surface area contributed by atoms with E-state index < -0.39 is 17.2 Å².